The average molecular weight is 266 g/mol. The van der Waals surface area contributed by atoms with E-state index in [0.29, 0.717) is 12.3 Å². The fourth-order valence-electron chi connectivity index (χ4n) is 2.34. The molecule has 0 radical (unpaired) electrons. The maximum Gasteiger partial charge on any atom is 0.118 e. The largest absolute Gasteiger partial charge is 0.380 e. The topological polar surface area (TPSA) is 20.2 Å². The Morgan fingerprint density at radius 1 is 0.900 bits per heavy atom. The molecule has 0 atom stereocenters. The molecule has 1 N–H and O–H groups in total. The summed E-state index contributed by atoms with van der Waals surface area (Å²) in [5.74, 6) is 0.491. The summed E-state index contributed by atoms with van der Waals surface area (Å²) in [4.78, 5) is 0. The predicted molar refractivity (Wildman–Crippen MR) is 84.5 cm³/mol. The molecule has 0 aliphatic rings. The van der Waals surface area contributed by atoms with Crippen LogP contribution in [0.25, 0.3) is 0 Å². The van der Waals surface area contributed by atoms with Crippen molar-refractivity contribution in [1.29, 1.82) is 0 Å². The van der Waals surface area contributed by atoms with Crippen LogP contribution in [-0.2, 0) is 5.60 Å². The quantitative estimate of drug-likeness (QED) is 0.789. The lowest BCUT2D eigenvalue weighted by molar-refractivity contribution is 0.0840. The van der Waals surface area contributed by atoms with Crippen molar-refractivity contribution in [3.63, 3.8) is 0 Å². The molecule has 2 aromatic rings. The van der Waals surface area contributed by atoms with Crippen LogP contribution in [0.5, 0.6) is 0 Å². The first-order valence-corrected chi connectivity index (χ1v) is 7.13. The third kappa shape index (κ3) is 3.37. The minimum Gasteiger partial charge on any atom is -0.380 e. The molecule has 2 aromatic carbocycles. The molecule has 0 fully saturated rings. The van der Waals surface area contributed by atoms with Gasteiger partial charge in [0.25, 0.3) is 0 Å². The van der Waals surface area contributed by atoms with Crippen molar-refractivity contribution in [2.45, 2.75) is 25.9 Å². The molecule has 1 heteroatoms. The Morgan fingerprint density at radius 3 is 1.75 bits per heavy atom. The second-order valence-corrected chi connectivity index (χ2v) is 5.47. The summed E-state index contributed by atoms with van der Waals surface area (Å²) >= 11 is 0. The maximum atomic E-state index is 11.2. The van der Waals surface area contributed by atoms with E-state index in [9.17, 15) is 5.11 Å². The Balaban J connectivity index is 2.39. The van der Waals surface area contributed by atoms with Crippen LogP contribution in [0.2, 0.25) is 0 Å². The van der Waals surface area contributed by atoms with Gasteiger partial charge in [0, 0.05) is 6.42 Å². The van der Waals surface area contributed by atoms with Crippen molar-refractivity contribution >= 4 is 0 Å². The average Bonchev–Trinajstić information content (AvgIpc) is 2.48. The molecule has 104 valence electrons. The van der Waals surface area contributed by atoms with Crippen LogP contribution in [-0.4, -0.2) is 5.11 Å². The number of benzene rings is 2. The first-order chi connectivity index (χ1) is 9.63. The number of aliphatic hydroxyl groups is 1. The molecule has 0 bridgehead atoms. The van der Waals surface area contributed by atoms with Crippen LogP contribution in [0, 0.1) is 5.92 Å². The number of allylic oxidation sites excluding steroid dienone is 1. The van der Waals surface area contributed by atoms with E-state index in [0.717, 1.165) is 11.1 Å². The zero-order valence-corrected chi connectivity index (χ0v) is 12.2. The molecule has 0 aliphatic carbocycles. The molecular formula is C19H22O. The Kier molecular flexibility index (Phi) is 4.75. The van der Waals surface area contributed by atoms with Crippen molar-refractivity contribution < 1.29 is 5.11 Å². The van der Waals surface area contributed by atoms with Crippen molar-refractivity contribution in [3.05, 3.63) is 83.9 Å². The molecule has 20 heavy (non-hydrogen) atoms. The van der Waals surface area contributed by atoms with Crippen LogP contribution in [0.4, 0.5) is 0 Å². The van der Waals surface area contributed by atoms with E-state index in [1.807, 2.05) is 60.7 Å². The minimum absolute atomic E-state index is 0.491. The highest BCUT2D eigenvalue weighted by atomic mass is 16.3. The van der Waals surface area contributed by atoms with Gasteiger partial charge in [-0.1, -0.05) is 86.7 Å². The molecule has 0 saturated carbocycles. The minimum atomic E-state index is -0.964. The summed E-state index contributed by atoms with van der Waals surface area (Å²) in [6.07, 6.45) is 4.79. The summed E-state index contributed by atoms with van der Waals surface area (Å²) in [6, 6.07) is 19.7. The summed E-state index contributed by atoms with van der Waals surface area (Å²) in [5, 5.41) is 11.2. The van der Waals surface area contributed by atoms with Gasteiger partial charge in [0.1, 0.15) is 5.60 Å². The third-order valence-corrected chi connectivity index (χ3v) is 3.44. The van der Waals surface area contributed by atoms with E-state index in [2.05, 4.69) is 26.0 Å². The normalized spacial score (nSPS) is 12.2. The fraction of sp³-hybridized carbons (Fsp3) is 0.263. The van der Waals surface area contributed by atoms with Gasteiger partial charge in [-0.2, -0.15) is 0 Å². The Bertz CT molecular complexity index is 501. The molecule has 0 unspecified atom stereocenters. The van der Waals surface area contributed by atoms with E-state index >= 15 is 0 Å². The van der Waals surface area contributed by atoms with Gasteiger partial charge in [-0.15, -0.1) is 0 Å². The molecule has 0 aromatic heterocycles. The second-order valence-electron chi connectivity index (χ2n) is 5.47. The van der Waals surface area contributed by atoms with E-state index in [-0.39, 0.29) is 0 Å². The van der Waals surface area contributed by atoms with Crippen LogP contribution < -0.4 is 0 Å². The zero-order chi connectivity index (χ0) is 14.4. The highest BCUT2D eigenvalue weighted by Crippen LogP contribution is 2.33. The summed E-state index contributed by atoms with van der Waals surface area (Å²) in [5.41, 5.74) is 0.896. The lowest BCUT2D eigenvalue weighted by atomic mass is 9.83. The first-order valence-electron chi connectivity index (χ1n) is 7.13. The lowest BCUT2D eigenvalue weighted by Gasteiger charge is -2.28. The Hall–Kier alpha value is -1.86. The molecule has 0 spiro atoms. The van der Waals surface area contributed by atoms with E-state index in [1.54, 1.807) is 0 Å². The van der Waals surface area contributed by atoms with Gasteiger partial charge in [-0.3, -0.25) is 0 Å². The van der Waals surface area contributed by atoms with Crippen molar-refractivity contribution in [3.8, 4) is 0 Å². The molecular weight excluding hydrogens is 244 g/mol. The highest BCUT2D eigenvalue weighted by Gasteiger charge is 2.29. The van der Waals surface area contributed by atoms with Gasteiger partial charge in [-0.05, 0) is 17.0 Å². The number of rotatable bonds is 5. The molecule has 0 amide bonds. The van der Waals surface area contributed by atoms with Gasteiger partial charge >= 0.3 is 0 Å². The highest BCUT2D eigenvalue weighted by molar-refractivity contribution is 5.36. The standard InChI is InChI=1S/C19H22O/c1-16(2)10-9-15-19(20,17-11-5-3-6-12-17)18-13-7-4-8-14-18/h3-14,16,20H,15H2,1-2H3/b10-9+. The molecule has 1 nitrogen and oxygen atoms in total. The summed E-state index contributed by atoms with van der Waals surface area (Å²) < 4.78 is 0. The van der Waals surface area contributed by atoms with Crippen molar-refractivity contribution in [1.82, 2.24) is 0 Å². The Morgan fingerprint density at radius 2 is 1.35 bits per heavy atom. The summed E-state index contributed by atoms with van der Waals surface area (Å²) in [7, 11) is 0. The summed E-state index contributed by atoms with van der Waals surface area (Å²) in [6.45, 7) is 4.28. The van der Waals surface area contributed by atoms with Crippen LogP contribution in [0.15, 0.2) is 72.8 Å². The third-order valence-electron chi connectivity index (χ3n) is 3.44. The van der Waals surface area contributed by atoms with Crippen molar-refractivity contribution in [2.75, 3.05) is 0 Å². The van der Waals surface area contributed by atoms with Gasteiger partial charge < -0.3 is 5.11 Å². The van der Waals surface area contributed by atoms with E-state index in [1.165, 1.54) is 0 Å². The smallest absolute Gasteiger partial charge is 0.118 e. The van der Waals surface area contributed by atoms with E-state index in [4.69, 9.17) is 0 Å². The predicted octanol–water partition coefficient (Wildman–Crippen LogP) is 4.52. The zero-order valence-electron chi connectivity index (χ0n) is 12.2. The van der Waals surface area contributed by atoms with Gasteiger partial charge in [0.2, 0.25) is 0 Å². The van der Waals surface area contributed by atoms with E-state index < -0.39 is 5.60 Å². The Labute approximate surface area is 121 Å². The monoisotopic (exact) mass is 266 g/mol. The van der Waals surface area contributed by atoms with Gasteiger partial charge in [0.15, 0.2) is 0 Å². The van der Waals surface area contributed by atoms with Crippen LogP contribution in [0.3, 0.4) is 0 Å². The maximum absolute atomic E-state index is 11.2. The molecule has 0 aliphatic heterocycles. The van der Waals surface area contributed by atoms with Crippen LogP contribution in [0.1, 0.15) is 31.4 Å². The SMILES string of the molecule is CC(C)/C=C/CC(O)(c1ccccc1)c1ccccc1. The molecule has 0 heterocycles. The van der Waals surface area contributed by atoms with Gasteiger partial charge in [-0.25, -0.2) is 0 Å². The fourth-order valence-corrected chi connectivity index (χ4v) is 2.34. The second kappa shape index (κ2) is 6.53. The molecule has 0 saturated heterocycles. The van der Waals surface area contributed by atoms with Crippen molar-refractivity contribution in [2.24, 2.45) is 5.92 Å². The van der Waals surface area contributed by atoms with Gasteiger partial charge in [0.05, 0.1) is 0 Å². The number of hydrogen-bond acceptors (Lipinski definition) is 1. The first kappa shape index (κ1) is 14.5. The van der Waals surface area contributed by atoms with Crippen LogP contribution >= 0.6 is 0 Å². The lowest BCUT2D eigenvalue weighted by Crippen LogP contribution is -2.26. The molecule has 2 rings (SSSR count). The number of hydrogen-bond donors (Lipinski definition) is 1.